The SMILES string of the molecule is CCCCCCCCCCC/C=C/CCCC[N+](CCC(C)C(=O)O)(CCC(C)C(=O)O)CCC(C)C(=O)O. The highest BCUT2D eigenvalue weighted by atomic mass is 16.4. The van der Waals surface area contributed by atoms with Crippen LogP contribution in [-0.2, 0) is 14.4 Å². The topological polar surface area (TPSA) is 112 Å². The molecule has 7 nitrogen and oxygen atoms in total. The second-order valence-corrected chi connectivity index (χ2v) is 11.9. The number of carbonyl (C=O) groups is 3. The standard InChI is InChI=1S/C32H59NO6/c1-5-6-7-8-9-10-11-12-13-14-15-16-17-18-19-23-33(24-20-27(2)30(34)35,25-21-28(3)31(36)37)26-22-29(4)32(38)39/h15-16,27-29H,5-14,17-26H2,1-4H3,(H2-,34,35,36,37,38,39)/p+1/b16-15+. The molecular weight excluding hydrogens is 494 g/mol. The van der Waals surface area contributed by atoms with Crippen molar-refractivity contribution in [3.05, 3.63) is 12.2 Å². The van der Waals surface area contributed by atoms with Gasteiger partial charge >= 0.3 is 17.9 Å². The molecule has 0 rings (SSSR count). The van der Waals surface area contributed by atoms with Crippen molar-refractivity contribution in [2.75, 3.05) is 26.2 Å². The van der Waals surface area contributed by atoms with Crippen molar-refractivity contribution >= 4 is 17.9 Å². The third-order valence-corrected chi connectivity index (χ3v) is 8.27. The minimum absolute atomic E-state index is 0.486. The fraction of sp³-hybridized carbons (Fsp3) is 0.844. The van der Waals surface area contributed by atoms with E-state index in [0.717, 1.165) is 32.2 Å². The monoisotopic (exact) mass is 554 g/mol. The Morgan fingerprint density at radius 3 is 1.23 bits per heavy atom. The molecule has 0 aromatic carbocycles. The summed E-state index contributed by atoms with van der Waals surface area (Å²) in [7, 11) is 0. The summed E-state index contributed by atoms with van der Waals surface area (Å²) in [5.74, 6) is -3.95. The van der Waals surface area contributed by atoms with Crippen molar-refractivity contribution in [3.8, 4) is 0 Å². The van der Waals surface area contributed by atoms with Gasteiger partial charge in [-0.15, -0.1) is 0 Å². The summed E-state index contributed by atoms with van der Waals surface area (Å²) in [5.41, 5.74) is 0. The van der Waals surface area contributed by atoms with Crippen LogP contribution in [0.2, 0.25) is 0 Å². The quantitative estimate of drug-likeness (QED) is 0.0543. The first-order valence-corrected chi connectivity index (χ1v) is 15.7. The number of carboxylic acid groups (broad SMARTS) is 3. The molecule has 228 valence electrons. The van der Waals surface area contributed by atoms with Gasteiger partial charge in [0.15, 0.2) is 0 Å². The summed E-state index contributed by atoms with van der Waals surface area (Å²) >= 11 is 0. The summed E-state index contributed by atoms with van der Waals surface area (Å²) in [4.78, 5) is 34.4. The minimum Gasteiger partial charge on any atom is -0.481 e. The Labute approximate surface area is 238 Å². The first-order chi connectivity index (χ1) is 18.5. The van der Waals surface area contributed by atoms with Crippen LogP contribution in [0.3, 0.4) is 0 Å². The number of quaternary nitrogens is 1. The van der Waals surface area contributed by atoms with Gasteiger partial charge in [0.1, 0.15) is 0 Å². The van der Waals surface area contributed by atoms with Gasteiger partial charge in [0.05, 0.1) is 43.9 Å². The molecule has 0 aromatic rings. The van der Waals surface area contributed by atoms with Gasteiger partial charge in [0.2, 0.25) is 0 Å². The van der Waals surface area contributed by atoms with Crippen molar-refractivity contribution in [1.82, 2.24) is 0 Å². The molecule has 3 unspecified atom stereocenters. The van der Waals surface area contributed by atoms with Crippen LogP contribution in [0.25, 0.3) is 0 Å². The lowest BCUT2D eigenvalue weighted by atomic mass is 10.0. The molecule has 0 spiro atoms. The molecule has 0 aliphatic heterocycles. The molecule has 0 heterocycles. The predicted octanol–water partition coefficient (Wildman–Crippen LogP) is 7.78. The third kappa shape index (κ3) is 19.8. The van der Waals surface area contributed by atoms with E-state index < -0.39 is 35.7 Å². The van der Waals surface area contributed by atoms with E-state index in [0.29, 0.717) is 43.4 Å². The zero-order valence-corrected chi connectivity index (χ0v) is 25.5. The third-order valence-electron chi connectivity index (χ3n) is 8.27. The van der Waals surface area contributed by atoms with Gasteiger partial charge in [0, 0.05) is 19.3 Å². The van der Waals surface area contributed by atoms with Crippen LogP contribution in [0.4, 0.5) is 0 Å². The first-order valence-electron chi connectivity index (χ1n) is 15.7. The fourth-order valence-electron chi connectivity index (χ4n) is 4.96. The van der Waals surface area contributed by atoms with Crippen LogP contribution >= 0.6 is 0 Å². The van der Waals surface area contributed by atoms with Crippen molar-refractivity contribution < 1.29 is 34.2 Å². The second kappa shape index (κ2) is 22.9. The fourth-order valence-corrected chi connectivity index (χ4v) is 4.96. The lowest BCUT2D eigenvalue weighted by Gasteiger charge is -2.40. The van der Waals surface area contributed by atoms with Crippen LogP contribution in [0, 0.1) is 17.8 Å². The molecule has 0 aliphatic rings. The molecule has 0 radical (unpaired) electrons. The molecule has 0 saturated carbocycles. The first kappa shape index (κ1) is 37.1. The predicted molar refractivity (Wildman–Crippen MR) is 159 cm³/mol. The maximum atomic E-state index is 11.5. The smallest absolute Gasteiger partial charge is 0.306 e. The van der Waals surface area contributed by atoms with Gasteiger partial charge in [0.25, 0.3) is 0 Å². The second-order valence-electron chi connectivity index (χ2n) is 11.9. The summed E-state index contributed by atoms with van der Waals surface area (Å²) in [6.07, 6.45) is 22.2. The van der Waals surface area contributed by atoms with E-state index >= 15 is 0 Å². The van der Waals surface area contributed by atoms with Gasteiger partial charge in [-0.2, -0.15) is 0 Å². The number of allylic oxidation sites excluding steroid dienone is 2. The highest BCUT2D eigenvalue weighted by molar-refractivity contribution is 5.70. The number of unbranched alkanes of at least 4 members (excludes halogenated alkanes) is 11. The highest BCUT2D eigenvalue weighted by Crippen LogP contribution is 2.21. The summed E-state index contributed by atoms with van der Waals surface area (Å²) < 4.78 is 0.592. The lowest BCUT2D eigenvalue weighted by Crippen LogP contribution is -2.52. The van der Waals surface area contributed by atoms with E-state index in [2.05, 4.69) is 19.1 Å². The molecule has 0 aliphatic carbocycles. The van der Waals surface area contributed by atoms with Crippen LogP contribution in [0.15, 0.2) is 12.2 Å². The Morgan fingerprint density at radius 1 is 0.538 bits per heavy atom. The number of nitrogens with zero attached hydrogens (tertiary/aromatic N) is 1. The number of carboxylic acids is 3. The Morgan fingerprint density at radius 2 is 0.872 bits per heavy atom. The van der Waals surface area contributed by atoms with Gasteiger partial charge in [-0.1, -0.05) is 91.2 Å². The number of aliphatic carboxylic acids is 3. The maximum absolute atomic E-state index is 11.5. The van der Waals surface area contributed by atoms with E-state index in [9.17, 15) is 29.7 Å². The molecule has 0 amide bonds. The van der Waals surface area contributed by atoms with Crippen molar-refractivity contribution in [1.29, 1.82) is 0 Å². The Kier molecular flexibility index (Phi) is 21.8. The Bertz CT molecular complexity index is 632. The van der Waals surface area contributed by atoms with Crippen LogP contribution < -0.4 is 0 Å². The lowest BCUT2D eigenvalue weighted by molar-refractivity contribution is -0.929. The molecule has 0 bridgehead atoms. The minimum atomic E-state index is -0.831. The molecule has 0 fully saturated rings. The van der Waals surface area contributed by atoms with Gasteiger partial charge < -0.3 is 19.8 Å². The normalized spacial score (nSPS) is 15.6. The van der Waals surface area contributed by atoms with Gasteiger partial charge in [-0.3, -0.25) is 14.4 Å². The van der Waals surface area contributed by atoms with E-state index in [-0.39, 0.29) is 0 Å². The largest absolute Gasteiger partial charge is 0.481 e. The molecule has 0 saturated heterocycles. The number of hydrogen-bond donors (Lipinski definition) is 3. The molecule has 39 heavy (non-hydrogen) atoms. The average molecular weight is 555 g/mol. The summed E-state index contributed by atoms with van der Waals surface area (Å²) in [6.45, 7) is 10.1. The van der Waals surface area contributed by atoms with Crippen molar-refractivity contribution in [3.63, 3.8) is 0 Å². The number of rotatable bonds is 27. The van der Waals surface area contributed by atoms with Crippen molar-refractivity contribution in [2.45, 2.75) is 130 Å². The van der Waals surface area contributed by atoms with E-state index in [1.54, 1.807) is 20.8 Å². The van der Waals surface area contributed by atoms with Crippen molar-refractivity contribution in [2.24, 2.45) is 17.8 Å². The zero-order valence-electron chi connectivity index (χ0n) is 25.5. The molecule has 3 N–H and O–H groups in total. The van der Waals surface area contributed by atoms with Crippen LogP contribution in [0.5, 0.6) is 0 Å². The summed E-state index contributed by atoms with van der Waals surface area (Å²) in [5, 5.41) is 28.2. The number of hydrogen-bond acceptors (Lipinski definition) is 3. The van der Waals surface area contributed by atoms with E-state index in [4.69, 9.17) is 0 Å². The van der Waals surface area contributed by atoms with E-state index in [1.165, 1.54) is 57.8 Å². The Balaban J connectivity index is 4.78. The Hall–Kier alpha value is -1.89. The molecule has 0 aromatic heterocycles. The van der Waals surface area contributed by atoms with Gasteiger partial charge in [-0.25, -0.2) is 0 Å². The molecule has 7 heteroatoms. The molecule has 3 atom stereocenters. The van der Waals surface area contributed by atoms with Crippen LogP contribution in [0.1, 0.15) is 130 Å². The van der Waals surface area contributed by atoms with E-state index in [1.807, 2.05) is 0 Å². The maximum Gasteiger partial charge on any atom is 0.306 e. The van der Waals surface area contributed by atoms with Crippen LogP contribution in [-0.4, -0.2) is 63.9 Å². The highest BCUT2D eigenvalue weighted by Gasteiger charge is 2.31. The zero-order chi connectivity index (χ0) is 29.5. The molecular formula is C32H60NO6+. The van der Waals surface area contributed by atoms with Gasteiger partial charge in [-0.05, 0) is 32.1 Å². The average Bonchev–Trinajstić information content (AvgIpc) is 2.90. The summed E-state index contributed by atoms with van der Waals surface area (Å²) in [6, 6.07) is 0.